The second kappa shape index (κ2) is 4.97. The Hall–Kier alpha value is -1.96. The SMILES string of the molecule is OCc1cnc(Oc2ccc3c(c2)B(O)OC3)cn1. The number of benzene rings is 1. The van der Waals surface area contributed by atoms with Gasteiger partial charge >= 0.3 is 7.12 Å². The van der Waals surface area contributed by atoms with Crippen LogP contribution in [0.4, 0.5) is 0 Å². The van der Waals surface area contributed by atoms with Gasteiger partial charge in [-0.1, -0.05) is 6.07 Å². The summed E-state index contributed by atoms with van der Waals surface area (Å²) in [6, 6.07) is 5.34. The molecular weight excluding hydrogens is 247 g/mol. The summed E-state index contributed by atoms with van der Waals surface area (Å²) in [4.78, 5) is 7.99. The fourth-order valence-electron chi connectivity index (χ4n) is 1.85. The monoisotopic (exact) mass is 258 g/mol. The van der Waals surface area contributed by atoms with Gasteiger partial charge in [0.2, 0.25) is 5.88 Å². The van der Waals surface area contributed by atoms with E-state index in [1.807, 2.05) is 6.07 Å². The fraction of sp³-hybridized carbons (Fsp3) is 0.167. The molecule has 6 nitrogen and oxygen atoms in total. The molecule has 0 amide bonds. The second-order valence-electron chi connectivity index (χ2n) is 4.13. The third-order valence-electron chi connectivity index (χ3n) is 2.85. The molecule has 0 fully saturated rings. The number of ether oxygens (including phenoxy) is 1. The summed E-state index contributed by atoms with van der Waals surface area (Å²) in [5.41, 5.74) is 2.13. The van der Waals surface area contributed by atoms with Crippen LogP contribution in [0.3, 0.4) is 0 Å². The molecule has 0 saturated carbocycles. The van der Waals surface area contributed by atoms with Crippen LogP contribution in [-0.2, 0) is 17.9 Å². The van der Waals surface area contributed by atoms with Crippen LogP contribution in [0.15, 0.2) is 30.6 Å². The smallest absolute Gasteiger partial charge is 0.438 e. The molecule has 0 unspecified atom stereocenters. The molecule has 1 aromatic carbocycles. The standard InChI is InChI=1S/C12H11BN2O4/c16-6-9-4-15-12(5-14-9)19-10-2-1-8-7-18-13(17)11(8)3-10/h1-5,16-17H,6-7H2. The highest BCUT2D eigenvalue weighted by Gasteiger charge is 2.27. The molecule has 0 saturated heterocycles. The fourth-order valence-corrected chi connectivity index (χ4v) is 1.85. The summed E-state index contributed by atoms with van der Waals surface area (Å²) in [5.74, 6) is 0.875. The molecule has 1 aliphatic heterocycles. The Bertz CT molecular complexity index is 591. The zero-order valence-electron chi connectivity index (χ0n) is 9.98. The number of aromatic nitrogens is 2. The van der Waals surface area contributed by atoms with E-state index in [9.17, 15) is 5.02 Å². The number of fused-ring (bicyclic) bond motifs is 1. The van der Waals surface area contributed by atoms with E-state index in [2.05, 4.69) is 9.97 Å². The predicted molar refractivity (Wildman–Crippen MR) is 66.9 cm³/mol. The normalized spacial score (nSPS) is 13.5. The summed E-state index contributed by atoms with van der Waals surface area (Å²) in [6.45, 7) is 0.247. The highest BCUT2D eigenvalue weighted by molar-refractivity contribution is 6.61. The van der Waals surface area contributed by atoms with Crippen LogP contribution in [0.5, 0.6) is 11.6 Å². The van der Waals surface area contributed by atoms with Gasteiger partial charge in [-0.05, 0) is 23.2 Å². The van der Waals surface area contributed by atoms with E-state index < -0.39 is 7.12 Å². The lowest BCUT2D eigenvalue weighted by Crippen LogP contribution is -2.27. The lowest BCUT2D eigenvalue weighted by molar-refractivity contribution is 0.275. The van der Waals surface area contributed by atoms with E-state index in [-0.39, 0.29) is 6.61 Å². The van der Waals surface area contributed by atoms with Crippen LogP contribution >= 0.6 is 0 Å². The van der Waals surface area contributed by atoms with Gasteiger partial charge in [0, 0.05) is 0 Å². The van der Waals surface area contributed by atoms with Gasteiger partial charge in [0.25, 0.3) is 0 Å². The highest BCUT2D eigenvalue weighted by atomic mass is 16.5. The summed E-state index contributed by atoms with van der Waals surface area (Å²) in [6.07, 6.45) is 2.88. The summed E-state index contributed by atoms with van der Waals surface area (Å²) < 4.78 is 10.6. The maximum Gasteiger partial charge on any atom is 0.491 e. The van der Waals surface area contributed by atoms with Crippen molar-refractivity contribution < 1.29 is 19.5 Å². The molecule has 96 valence electrons. The zero-order chi connectivity index (χ0) is 13.2. The van der Waals surface area contributed by atoms with Crippen molar-refractivity contribution in [1.29, 1.82) is 0 Å². The van der Waals surface area contributed by atoms with Gasteiger partial charge in [0.05, 0.1) is 31.3 Å². The molecule has 2 aromatic rings. The molecule has 0 aliphatic carbocycles. The number of aliphatic hydroxyl groups excluding tert-OH is 1. The van der Waals surface area contributed by atoms with Gasteiger partial charge < -0.3 is 19.5 Å². The van der Waals surface area contributed by atoms with E-state index in [1.165, 1.54) is 12.4 Å². The Morgan fingerprint density at radius 2 is 2.21 bits per heavy atom. The molecule has 3 rings (SSSR count). The predicted octanol–water partition coefficient (Wildman–Crippen LogP) is -0.0211. The number of rotatable bonds is 3. The van der Waals surface area contributed by atoms with Crippen LogP contribution in [0, 0.1) is 0 Å². The molecule has 0 spiro atoms. The van der Waals surface area contributed by atoms with Crippen molar-refractivity contribution in [1.82, 2.24) is 9.97 Å². The van der Waals surface area contributed by atoms with Gasteiger partial charge in [-0.3, -0.25) is 4.98 Å². The van der Waals surface area contributed by atoms with Crippen molar-refractivity contribution in [3.05, 3.63) is 41.9 Å². The molecule has 2 heterocycles. The number of hydrogen-bond donors (Lipinski definition) is 2. The van der Waals surface area contributed by atoms with Crippen molar-refractivity contribution in [2.75, 3.05) is 0 Å². The number of aliphatic hydroxyl groups is 1. The highest BCUT2D eigenvalue weighted by Crippen LogP contribution is 2.20. The average Bonchev–Trinajstić information content (AvgIpc) is 2.81. The van der Waals surface area contributed by atoms with Crippen molar-refractivity contribution in [2.45, 2.75) is 13.2 Å². The quantitative estimate of drug-likeness (QED) is 0.752. The molecule has 1 aliphatic rings. The average molecular weight is 258 g/mol. The molecule has 7 heteroatoms. The number of hydrogen-bond acceptors (Lipinski definition) is 6. The summed E-state index contributed by atoms with van der Waals surface area (Å²) in [5, 5.41) is 18.5. The molecular formula is C12H11BN2O4. The largest absolute Gasteiger partial charge is 0.491 e. The van der Waals surface area contributed by atoms with Crippen molar-refractivity contribution in [3.8, 4) is 11.6 Å². The van der Waals surface area contributed by atoms with Crippen molar-refractivity contribution >= 4 is 12.6 Å². The van der Waals surface area contributed by atoms with Gasteiger partial charge in [0.1, 0.15) is 5.75 Å². The molecule has 0 bridgehead atoms. The topological polar surface area (TPSA) is 84.7 Å². The van der Waals surface area contributed by atoms with Gasteiger partial charge in [-0.25, -0.2) is 4.98 Å². The van der Waals surface area contributed by atoms with Crippen molar-refractivity contribution in [3.63, 3.8) is 0 Å². The number of nitrogens with zero attached hydrogens (tertiary/aromatic N) is 2. The first-order valence-electron chi connectivity index (χ1n) is 5.78. The minimum Gasteiger partial charge on any atom is -0.438 e. The maximum absolute atomic E-state index is 9.61. The Morgan fingerprint density at radius 1 is 1.32 bits per heavy atom. The maximum atomic E-state index is 9.61. The van der Waals surface area contributed by atoms with Crippen LogP contribution in [0.2, 0.25) is 0 Å². The van der Waals surface area contributed by atoms with E-state index >= 15 is 0 Å². The first kappa shape index (κ1) is 12.1. The van der Waals surface area contributed by atoms with Crippen LogP contribution in [0.1, 0.15) is 11.3 Å². The van der Waals surface area contributed by atoms with Crippen LogP contribution in [-0.4, -0.2) is 27.2 Å². The third kappa shape index (κ3) is 2.44. The first-order valence-corrected chi connectivity index (χ1v) is 5.78. The zero-order valence-corrected chi connectivity index (χ0v) is 9.98. The van der Waals surface area contributed by atoms with Gasteiger partial charge in [-0.15, -0.1) is 0 Å². The molecule has 1 aromatic heterocycles. The molecule has 0 radical (unpaired) electrons. The Morgan fingerprint density at radius 3 is 2.95 bits per heavy atom. The van der Waals surface area contributed by atoms with E-state index in [1.54, 1.807) is 12.1 Å². The van der Waals surface area contributed by atoms with Crippen LogP contribution in [0.25, 0.3) is 0 Å². The summed E-state index contributed by atoms with van der Waals surface area (Å²) >= 11 is 0. The van der Waals surface area contributed by atoms with E-state index in [4.69, 9.17) is 14.5 Å². The van der Waals surface area contributed by atoms with Gasteiger partial charge in [-0.2, -0.15) is 0 Å². The Kier molecular flexibility index (Phi) is 3.16. The third-order valence-corrected chi connectivity index (χ3v) is 2.85. The van der Waals surface area contributed by atoms with E-state index in [0.29, 0.717) is 29.4 Å². The minimum atomic E-state index is -0.901. The molecule has 2 N–H and O–H groups in total. The minimum absolute atomic E-state index is 0.157. The van der Waals surface area contributed by atoms with Gasteiger partial charge in [0.15, 0.2) is 0 Å². The lowest BCUT2D eigenvalue weighted by Gasteiger charge is -2.06. The summed E-state index contributed by atoms with van der Waals surface area (Å²) in [7, 11) is -0.901. The molecule has 0 atom stereocenters. The second-order valence-corrected chi connectivity index (χ2v) is 4.13. The lowest BCUT2D eigenvalue weighted by atomic mass is 9.79. The Labute approximate surface area is 109 Å². The van der Waals surface area contributed by atoms with Crippen molar-refractivity contribution in [2.24, 2.45) is 0 Å². The molecule has 19 heavy (non-hydrogen) atoms. The Balaban J connectivity index is 1.81. The first-order chi connectivity index (χ1) is 9.26. The van der Waals surface area contributed by atoms with E-state index in [0.717, 1.165) is 5.56 Å². The van der Waals surface area contributed by atoms with Crippen LogP contribution < -0.4 is 10.2 Å².